The first kappa shape index (κ1) is 19.5. The summed E-state index contributed by atoms with van der Waals surface area (Å²) in [6.07, 6.45) is 2.56. The monoisotopic (exact) mass is 387 g/mol. The average molecular weight is 387 g/mol. The van der Waals surface area contributed by atoms with E-state index in [0.29, 0.717) is 45.1 Å². The van der Waals surface area contributed by atoms with Gasteiger partial charge in [-0.1, -0.05) is 12.1 Å². The summed E-state index contributed by atoms with van der Waals surface area (Å²) in [5, 5.41) is 3.08. The van der Waals surface area contributed by atoms with Crippen molar-refractivity contribution < 1.29 is 18.7 Å². The summed E-state index contributed by atoms with van der Waals surface area (Å²) in [6.45, 7) is 4.25. The minimum atomic E-state index is -0.356. The summed E-state index contributed by atoms with van der Waals surface area (Å²) < 4.78 is 17.9. The number of amides is 2. The zero-order chi connectivity index (χ0) is 19.9. The summed E-state index contributed by atoms with van der Waals surface area (Å²) in [5.74, 6) is 0.0172. The summed E-state index contributed by atoms with van der Waals surface area (Å²) in [6, 6.07) is 6.16. The third-order valence-electron chi connectivity index (χ3n) is 4.35. The van der Waals surface area contributed by atoms with Crippen molar-refractivity contribution >= 4 is 17.8 Å². The average Bonchev–Trinajstić information content (AvgIpc) is 2.73. The van der Waals surface area contributed by atoms with Crippen molar-refractivity contribution in [3.8, 4) is 0 Å². The molecule has 1 aliphatic rings. The molecule has 1 fully saturated rings. The van der Waals surface area contributed by atoms with E-state index in [4.69, 9.17) is 4.74 Å². The van der Waals surface area contributed by atoms with Crippen LogP contribution in [-0.4, -0.2) is 64.6 Å². The van der Waals surface area contributed by atoms with E-state index < -0.39 is 0 Å². The van der Waals surface area contributed by atoms with Gasteiger partial charge >= 0.3 is 6.09 Å². The van der Waals surface area contributed by atoms with E-state index in [0.717, 1.165) is 5.56 Å². The van der Waals surface area contributed by atoms with Crippen molar-refractivity contribution in [1.82, 2.24) is 19.8 Å². The highest BCUT2D eigenvalue weighted by molar-refractivity contribution is 5.92. The molecular weight excluding hydrogens is 365 g/mol. The Hall–Kier alpha value is -3.23. The van der Waals surface area contributed by atoms with Crippen molar-refractivity contribution in [3.63, 3.8) is 0 Å². The van der Waals surface area contributed by atoms with E-state index in [9.17, 15) is 14.0 Å². The number of rotatable bonds is 5. The Morgan fingerprint density at radius 2 is 1.75 bits per heavy atom. The molecule has 0 bridgehead atoms. The summed E-state index contributed by atoms with van der Waals surface area (Å²) >= 11 is 0. The maximum Gasteiger partial charge on any atom is 0.409 e. The Bertz CT molecular complexity index is 805. The van der Waals surface area contributed by atoms with Crippen LogP contribution in [-0.2, 0) is 11.3 Å². The normalized spacial score (nSPS) is 13.9. The zero-order valence-corrected chi connectivity index (χ0v) is 15.6. The Kier molecular flexibility index (Phi) is 6.36. The lowest BCUT2D eigenvalue weighted by molar-refractivity contribution is 0.0565. The van der Waals surface area contributed by atoms with Crippen molar-refractivity contribution in [3.05, 3.63) is 53.7 Å². The second kappa shape index (κ2) is 9.12. The predicted molar refractivity (Wildman–Crippen MR) is 100 cm³/mol. The molecule has 0 spiro atoms. The lowest BCUT2D eigenvalue weighted by atomic mass is 10.2. The first-order valence-corrected chi connectivity index (χ1v) is 9.08. The molecule has 1 aliphatic heterocycles. The summed E-state index contributed by atoms with van der Waals surface area (Å²) in [4.78, 5) is 35.9. The molecule has 2 heterocycles. The lowest BCUT2D eigenvalue weighted by Crippen LogP contribution is -2.50. The number of halogens is 1. The first-order valence-electron chi connectivity index (χ1n) is 9.08. The number of ether oxygens (including phenoxy) is 1. The number of nitrogens with zero attached hydrogens (tertiary/aromatic N) is 4. The minimum absolute atomic E-state index is 0.221. The zero-order valence-electron chi connectivity index (χ0n) is 15.6. The number of carbonyl (C=O) groups is 2. The molecule has 9 heteroatoms. The van der Waals surface area contributed by atoms with Gasteiger partial charge in [-0.25, -0.2) is 19.2 Å². The Morgan fingerprint density at radius 1 is 1.07 bits per heavy atom. The quantitative estimate of drug-likeness (QED) is 0.846. The van der Waals surface area contributed by atoms with Crippen molar-refractivity contribution in [2.45, 2.75) is 13.5 Å². The van der Waals surface area contributed by atoms with Crippen molar-refractivity contribution in [2.75, 3.05) is 38.1 Å². The standard InChI is InChI=1S/C19H22FN5O3/c1-2-28-19(27)25-9-7-24(8-10-25)18(26)16-12-23-17(13-21-16)22-11-14-3-5-15(20)6-4-14/h3-6,12-13H,2,7-11H2,1H3,(H,22,23). The van der Waals surface area contributed by atoms with Gasteiger partial charge in [-0.05, 0) is 24.6 Å². The van der Waals surface area contributed by atoms with Crippen LogP contribution < -0.4 is 5.32 Å². The predicted octanol–water partition coefficient (Wildman–Crippen LogP) is 2.14. The number of piperazine rings is 1. The molecule has 2 amide bonds. The van der Waals surface area contributed by atoms with Crippen molar-refractivity contribution in [2.24, 2.45) is 0 Å². The number of carbonyl (C=O) groups excluding carboxylic acids is 2. The summed E-state index contributed by atoms with van der Waals surface area (Å²) in [5.41, 5.74) is 1.15. The molecule has 1 saturated heterocycles. The topological polar surface area (TPSA) is 87.7 Å². The van der Waals surface area contributed by atoms with Gasteiger partial charge in [0.2, 0.25) is 0 Å². The molecule has 0 atom stereocenters. The maximum absolute atomic E-state index is 12.9. The highest BCUT2D eigenvalue weighted by atomic mass is 19.1. The minimum Gasteiger partial charge on any atom is -0.450 e. The highest BCUT2D eigenvalue weighted by Gasteiger charge is 2.26. The van der Waals surface area contributed by atoms with Crippen LogP contribution in [0.4, 0.5) is 15.0 Å². The van der Waals surface area contributed by atoms with Gasteiger partial charge in [-0.15, -0.1) is 0 Å². The summed E-state index contributed by atoms with van der Waals surface area (Å²) in [7, 11) is 0. The molecule has 0 radical (unpaired) electrons. The van der Waals surface area contributed by atoms with E-state index in [1.807, 2.05) is 0 Å². The van der Waals surface area contributed by atoms with E-state index in [-0.39, 0.29) is 23.5 Å². The van der Waals surface area contributed by atoms with Crippen LogP contribution in [0.3, 0.4) is 0 Å². The largest absolute Gasteiger partial charge is 0.450 e. The van der Waals surface area contributed by atoms with Gasteiger partial charge in [0.15, 0.2) is 0 Å². The Labute approximate surface area is 162 Å². The van der Waals surface area contributed by atoms with Gasteiger partial charge in [0.25, 0.3) is 5.91 Å². The van der Waals surface area contributed by atoms with Crippen LogP contribution in [0.15, 0.2) is 36.7 Å². The Morgan fingerprint density at radius 3 is 2.36 bits per heavy atom. The van der Waals surface area contributed by atoms with Gasteiger partial charge in [-0.3, -0.25) is 4.79 Å². The van der Waals surface area contributed by atoms with Gasteiger partial charge in [-0.2, -0.15) is 0 Å². The second-order valence-corrected chi connectivity index (χ2v) is 6.25. The van der Waals surface area contributed by atoms with Crippen molar-refractivity contribution in [1.29, 1.82) is 0 Å². The molecule has 0 saturated carbocycles. The molecule has 0 aliphatic carbocycles. The number of hydrogen-bond acceptors (Lipinski definition) is 6. The molecule has 1 aromatic heterocycles. The molecule has 2 aromatic rings. The molecule has 3 rings (SSSR count). The third kappa shape index (κ3) is 4.93. The smallest absolute Gasteiger partial charge is 0.409 e. The van der Waals surface area contributed by atoms with E-state index >= 15 is 0 Å². The van der Waals surface area contributed by atoms with Gasteiger partial charge in [0.05, 0.1) is 19.0 Å². The highest BCUT2D eigenvalue weighted by Crippen LogP contribution is 2.10. The number of hydrogen-bond donors (Lipinski definition) is 1. The molecule has 8 nitrogen and oxygen atoms in total. The van der Waals surface area contributed by atoms with Gasteiger partial charge < -0.3 is 19.9 Å². The molecule has 1 aromatic carbocycles. The van der Waals surface area contributed by atoms with E-state index in [1.54, 1.807) is 28.9 Å². The van der Waals surface area contributed by atoms with Crippen LogP contribution in [0.25, 0.3) is 0 Å². The van der Waals surface area contributed by atoms with Crippen LogP contribution in [0, 0.1) is 5.82 Å². The van der Waals surface area contributed by atoms with Gasteiger partial charge in [0.1, 0.15) is 17.3 Å². The Balaban J connectivity index is 1.51. The molecule has 1 N–H and O–H groups in total. The molecule has 0 unspecified atom stereocenters. The van der Waals surface area contributed by atoms with Crippen LogP contribution >= 0.6 is 0 Å². The number of nitrogens with one attached hydrogen (secondary N) is 1. The maximum atomic E-state index is 12.9. The van der Waals surface area contributed by atoms with Crippen LogP contribution in [0.5, 0.6) is 0 Å². The lowest BCUT2D eigenvalue weighted by Gasteiger charge is -2.33. The van der Waals surface area contributed by atoms with Crippen LogP contribution in [0.1, 0.15) is 23.0 Å². The van der Waals surface area contributed by atoms with E-state index in [1.165, 1.54) is 24.5 Å². The molecule has 28 heavy (non-hydrogen) atoms. The fourth-order valence-electron chi connectivity index (χ4n) is 2.79. The number of benzene rings is 1. The van der Waals surface area contributed by atoms with E-state index in [2.05, 4.69) is 15.3 Å². The molecular formula is C19H22FN5O3. The van der Waals surface area contributed by atoms with Gasteiger partial charge in [0, 0.05) is 32.7 Å². The third-order valence-corrected chi connectivity index (χ3v) is 4.35. The fraction of sp³-hybridized carbons (Fsp3) is 0.368. The number of aromatic nitrogens is 2. The fourth-order valence-corrected chi connectivity index (χ4v) is 2.79. The second-order valence-electron chi connectivity index (χ2n) is 6.25. The SMILES string of the molecule is CCOC(=O)N1CCN(C(=O)c2cnc(NCc3ccc(F)cc3)cn2)CC1. The number of anilines is 1. The van der Waals surface area contributed by atoms with Crippen LogP contribution in [0.2, 0.25) is 0 Å². The first-order chi connectivity index (χ1) is 13.6. The molecule has 148 valence electrons.